The molecule has 2 heterocycles. The molecule has 3 aliphatic rings. The van der Waals surface area contributed by atoms with Gasteiger partial charge in [0.1, 0.15) is 5.75 Å². The molecule has 3 fully saturated rings. The van der Waals surface area contributed by atoms with Crippen LogP contribution in [-0.4, -0.2) is 55.7 Å². The molecule has 0 spiro atoms. The van der Waals surface area contributed by atoms with Gasteiger partial charge in [-0.1, -0.05) is 43.4 Å². The molecule has 4 heteroatoms. The van der Waals surface area contributed by atoms with E-state index in [0.29, 0.717) is 5.92 Å². The Bertz CT molecular complexity index is 632. The van der Waals surface area contributed by atoms with Crippen LogP contribution in [0, 0.1) is 5.92 Å². The van der Waals surface area contributed by atoms with Crippen LogP contribution in [0.15, 0.2) is 18.2 Å². The summed E-state index contributed by atoms with van der Waals surface area (Å²) in [6.07, 6.45) is 13.9. The topological polar surface area (TPSA) is 15.7 Å². The van der Waals surface area contributed by atoms with Gasteiger partial charge in [-0.25, -0.2) is 0 Å². The number of likely N-dealkylation sites (tertiary alicyclic amines) is 2. The average molecular weight is 419 g/mol. The Balaban J connectivity index is 1.41. The van der Waals surface area contributed by atoms with Crippen molar-refractivity contribution in [3.8, 4) is 5.75 Å². The Morgan fingerprint density at radius 1 is 0.931 bits per heavy atom. The number of hydrogen-bond donors (Lipinski definition) is 0. The lowest BCUT2D eigenvalue weighted by molar-refractivity contribution is 0.0845. The molecule has 4 rings (SSSR count). The number of hydrogen-bond acceptors (Lipinski definition) is 3. The Morgan fingerprint density at radius 2 is 1.62 bits per heavy atom. The number of nitrogens with zero attached hydrogens (tertiary/aromatic N) is 2. The van der Waals surface area contributed by atoms with Gasteiger partial charge in [-0.15, -0.1) is 0 Å². The van der Waals surface area contributed by atoms with E-state index in [9.17, 15) is 0 Å². The number of methoxy groups -OCH3 is 1. The summed E-state index contributed by atoms with van der Waals surface area (Å²) in [4.78, 5) is 5.53. The SMILES string of the molecule is COc1ccc(C(CN2CCC(N3CCCCC3)CC2)C2CCCCC2)cc1Cl. The van der Waals surface area contributed by atoms with Crippen LogP contribution in [-0.2, 0) is 0 Å². The zero-order chi connectivity index (χ0) is 20.1. The largest absolute Gasteiger partial charge is 0.495 e. The molecule has 0 amide bonds. The van der Waals surface area contributed by atoms with Crippen molar-refractivity contribution in [1.82, 2.24) is 9.80 Å². The summed E-state index contributed by atoms with van der Waals surface area (Å²) in [5.41, 5.74) is 1.42. The summed E-state index contributed by atoms with van der Waals surface area (Å²) < 4.78 is 5.40. The van der Waals surface area contributed by atoms with Gasteiger partial charge in [0, 0.05) is 12.6 Å². The van der Waals surface area contributed by atoms with Gasteiger partial charge in [0.15, 0.2) is 0 Å². The number of ether oxygens (including phenoxy) is 1. The van der Waals surface area contributed by atoms with Crippen molar-refractivity contribution in [2.45, 2.75) is 76.2 Å². The van der Waals surface area contributed by atoms with Gasteiger partial charge in [-0.2, -0.15) is 0 Å². The fourth-order valence-corrected chi connectivity index (χ4v) is 6.27. The predicted octanol–water partition coefficient (Wildman–Crippen LogP) is 5.96. The van der Waals surface area contributed by atoms with E-state index < -0.39 is 0 Å². The van der Waals surface area contributed by atoms with Gasteiger partial charge in [0.25, 0.3) is 0 Å². The van der Waals surface area contributed by atoms with Gasteiger partial charge in [0.2, 0.25) is 0 Å². The van der Waals surface area contributed by atoms with Crippen LogP contribution in [0.1, 0.15) is 75.7 Å². The Labute approximate surface area is 182 Å². The third-order valence-electron chi connectivity index (χ3n) is 7.74. The Morgan fingerprint density at radius 3 is 2.28 bits per heavy atom. The molecule has 1 aromatic carbocycles. The molecule has 0 N–H and O–H groups in total. The highest BCUT2D eigenvalue weighted by atomic mass is 35.5. The van der Waals surface area contributed by atoms with Crippen LogP contribution in [0.5, 0.6) is 5.75 Å². The second kappa shape index (κ2) is 10.5. The van der Waals surface area contributed by atoms with E-state index in [0.717, 1.165) is 22.7 Å². The zero-order valence-corrected chi connectivity index (χ0v) is 19.0. The molecule has 1 unspecified atom stereocenters. The molecule has 1 aliphatic carbocycles. The fourth-order valence-electron chi connectivity index (χ4n) is 6.01. The van der Waals surface area contributed by atoms with Crippen LogP contribution in [0.3, 0.4) is 0 Å². The van der Waals surface area contributed by atoms with Crippen LogP contribution < -0.4 is 4.74 Å². The maximum absolute atomic E-state index is 6.52. The van der Waals surface area contributed by atoms with Crippen molar-refractivity contribution < 1.29 is 4.74 Å². The van der Waals surface area contributed by atoms with Crippen molar-refractivity contribution >= 4 is 11.6 Å². The standard InChI is InChI=1S/C25H39ClN2O/c1-29-25-11-10-21(18-24(25)26)23(20-8-4-2-5-9-20)19-27-16-12-22(13-17-27)28-14-6-3-7-15-28/h10-11,18,20,22-23H,2-9,12-17,19H2,1H3. The van der Waals surface area contributed by atoms with Crippen molar-refractivity contribution in [3.63, 3.8) is 0 Å². The van der Waals surface area contributed by atoms with Crippen molar-refractivity contribution in [2.75, 3.05) is 39.8 Å². The normalized spacial score (nSPS) is 24.5. The average Bonchev–Trinajstić information content (AvgIpc) is 2.79. The molecule has 1 saturated carbocycles. The third-order valence-corrected chi connectivity index (χ3v) is 8.04. The zero-order valence-electron chi connectivity index (χ0n) is 18.3. The summed E-state index contributed by atoms with van der Waals surface area (Å²) in [5.74, 6) is 2.19. The number of rotatable bonds is 6. The van der Waals surface area contributed by atoms with Crippen molar-refractivity contribution in [3.05, 3.63) is 28.8 Å². The predicted molar refractivity (Wildman–Crippen MR) is 122 cm³/mol. The van der Waals surface area contributed by atoms with E-state index in [1.54, 1.807) is 7.11 Å². The van der Waals surface area contributed by atoms with Gasteiger partial charge < -0.3 is 14.5 Å². The quantitative estimate of drug-likeness (QED) is 0.566. The maximum atomic E-state index is 6.52. The summed E-state index contributed by atoms with van der Waals surface area (Å²) in [5, 5.41) is 0.759. The molecule has 162 valence electrons. The van der Waals surface area contributed by atoms with E-state index in [4.69, 9.17) is 16.3 Å². The smallest absolute Gasteiger partial charge is 0.137 e. The summed E-state index contributed by atoms with van der Waals surface area (Å²) >= 11 is 6.52. The summed E-state index contributed by atoms with van der Waals surface area (Å²) in [6, 6.07) is 7.34. The van der Waals surface area contributed by atoms with E-state index in [-0.39, 0.29) is 0 Å². The van der Waals surface area contributed by atoms with E-state index in [1.807, 2.05) is 0 Å². The summed E-state index contributed by atoms with van der Waals surface area (Å²) in [7, 11) is 1.70. The van der Waals surface area contributed by atoms with E-state index in [1.165, 1.54) is 102 Å². The minimum absolute atomic E-state index is 0.602. The second-order valence-electron chi connectivity index (χ2n) is 9.53. The van der Waals surface area contributed by atoms with Crippen LogP contribution in [0.2, 0.25) is 5.02 Å². The first kappa shape index (κ1) is 21.5. The molecule has 3 nitrogen and oxygen atoms in total. The highest BCUT2D eigenvalue weighted by Crippen LogP contribution is 2.39. The molecule has 1 aromatic rings. The van der Waals surface area contributed by atoms with Crippen molar-refractivity contribution in [1.29, 1.82) is 0 Å². The first-order chi connectivity index (χ1) is 14.2. The lowest BCUT2D eigenvalue weighted by Crippen LogP contribution is -2.47. The summed E-state index contributed by atoms with van der Waals surface area (Å²) in [6.45, 7) is 6.38. The molecule has 1 atom stereocenters. The molecular weight excluding hydrogens is 380 g/mol. The molecule has 2 saturated heterocycles. The van der Waals surface area contributed by atoms with E-state index in [2.05, 4.69) is 28.0 Å². The second-order valence-corrected chi connectivity index (χ2v) is 9.93. The highest BCUT2D eigenvalue weighted by Gasteiger charge is 2.30. The molecule has 2 aliphatic heterocycles. The highest BCUT2D eigenvalue weighted by molar-refractivity contribution is 6.32. The van der Waals surface area contributed by atoms with Crippen LogP contribution >= 0.6 is 11.6 Å². The van der Waals surface area contributed by atoms with Gasteiger partial charge >= 0.3 is 0 Å². The van der Waals surface area contributed by atoms with Gasteiger partial charge in [-0.3, -0.25) is 0 Å². The lowest BCUT2D eigenvalue weighted by Gasteiger charge is -2.42. The van der Waals surface area contributed by atoms with Crippen LogP contribution in [0.4, 0.5) is 0 Å². The maximum Gasteiger partial charge on any atom is 0.137 e. The first-order valence-electron chi connectivity index (χ1n) is 12.0. The Kier molecular flexibility index (Phi) is 7.77. The minimum atomic E-state index is 0.602. The molecular formula is C25H39ClN2O. The number of halogens is 1. The van der Waals surface area contributed by atoms with Crippen molar-refractivity contribution in [2.24, 2.45) is 5.92 Å². The monoisotopic (exact) mass is 418 g/mol. The molecule has 0 aromatic heterocycles. The molecule has 29 heavy (non-hydrogen) atoms. The minimum Gasteiger partial charge on any atom is -0.495 e. The number of piperidine rings is 2. The number of benzene rings is 1. The molecule has 0 radical (unpaired) electrons. The first-order valence-corrected chi connectivity index (χ1v) is 12.4. The van der Waals surface area contributed by atoms with Crippen LogP contribution in [0.25, 0.3) is 0 Å². The third kappa shape index (κ3) is 5.48. The van der Waals surface area contributed by atoms with Gasteiger partial charge in [0.05, 0.1) is 12.1 Å². The van der Waals surface area contributed by atoms with E-state index >= 15 is 0 Å². The fraction of sp³-hybridized carbons (Fsp3) is 0.760. The molecule has 0 bridgehead atoms. The Hall–Kier alpha value is -0.770. The lowest BCUT2D eigenvalue weighted by atomic mass is 9.76. The van der Waals surface area contributed by atoms with Gasteiger partial charge in [-0.05, 0) is 94.2 Å².